The van der Waals surface area contributed by atoms with Gasteiger partial charge in [0.25, 0.3) is 6.43 Å². The van der Waals surface area contributed by atoms with Crippen molar-refractivity contribution >= 4 is 0 Å². The van der Waals surface area contributed by atoms with Gasteiger partial charge in [0.05, 0.1) is 6.42 Å². The van der Waals surface area contributed by atoms with Crippen molar-refractivity contribution in [3.05, 3.63) is 11.7 Å². The molecule has 104 valence electrons. The smallest absolute Gasteiger partial charge is 0.264 e. The van der Waals surface area contributed by atoms with Crippen molar-refractivity contribution < 1.29 is 18.4 Å². The molecule has 1 atom stereocenters. The Balaban J connectivity index is 2.43. The standard InChI is InChI=1S/C11H19F2N3O2/c1-3-16(4-2)6-5-9-14-10(18-15-9)7-8(17)11(12)13/h8,11,17H,3-7H2,1-2H3. The van der Waals surface area contributed by atoms with Crippen LogP contribution in [0.25, 0.3) is 0 Å². The van der Waals surface area contributed by atoms with E-state index in [9.17, 15) is 8.78 Å². The zero-order valence-electron chi connectivity index (χ0n) is 10.6. The van der Waals surface area contributed by atoms with E-state index in [1.165, 1.54) is 0 Å². The van der Waals surface area contributed by atoms with Crippen molar-refractivity contribution in [1.82, 2.24) is 15.0 Å². The third-order valence-corrected chi connectivity index (χ3v) is 2.73. The van der Waals surface area contributed by atoms with E-state index in [1.807, 2.05) is 0 Å². The third kappa shape index (κ3) is 4.66. The van der Waals surface area contributed by atoms with Crippen molar-refractivity contribution in [3.8, 4) is 0 Å². The predicted molar refractivity (Wildman–Crippen MR) is 61.5 cm³/mol. The van der Waals surface area contributed by atoms with Gasteiger partial charge in [0, 0.05) is 13.0 Å². The van der Waals surface area contributed by atoms with Gasteiger partial charge < -0.3 is 14.5 Å². The molecule has 0 fully saturated rings. The van der Waals surface area contributed by atoms with Crippen LogP contribution in [0.5, 0.6) is 0 Å². The van der Waals surface area contributed by atoms with E-state index in [-0.39, 0.29) is 12.3 Å². The van der Waals surface area contributed by atoms with Crippen LogP contribution in [0.15, 0.2) is 4.52 Å². The predicted octanol–water partition coefficient (Wildman–Crippen LogP) is 1.12. The number of rotatable bonds is 8. The Morgan fingerprint density at radius 2 is 2.00 bits per heavy atom. The highest BCUT2D eigenvalue weighted by Crippen LogP contribution is 2.08. The lowest BCUT2D eigenvalue weighted by Crippen LogP contribution is -2.25. The first-order valence-electron chi connectivity index (χ1n) is 6.06. The summed E-state index contributed by atoms with van der Waals surface area (Å²) in [4.78, 5) is 6.17. The summed E-state index contributed by atoms with van der Waals surface area (Å²) in [6, 6.07) is 0. The Kier molecular flexibility index (Phi) is 6.14. The molecule has 0 aliphatic carbocycles. The summed E-state index contributed by atoms with van der Waals surface area (Å²) < 4.78 is 29.1. The highest BCUT2D eigenvalue weighted by molar-refractivity contribution is 4.89. The first-order chi connectivity index (χ1) is 8.56. The Morgan fingerprint density at radius 1 is 1.33 bits per heavy atom. The van der Waals surface area contributed by atoms with Crippen molar-refractivity contribution in [2.24, 2.45) is 0 Å². The van der Waals surface area contributed by atoms with Gasteiger partial charge in [-0.05, 0) is 13.1 Å². The second-order valence-corrected chi connectivity index (χ2v) is 3.99. The molecule has 1 heterocycles. The van der Waals surface area contributed by atoms with Gasteiger partial charge in [-0.1, -0.05) is 19.0 Å². The van der Waals surface area contributed by atoms with Crippen molar-refractivity contribution in [1.29, 1.82) is 0 Å². The largest absolute Gasteiger partial charge is 0.387 e. The van der Waals surface area contributed by atoms with E-state index in [2.05, 4.69) is 28.9 Å². The van der Waals surface area contributed by atoms with Crippen molar-refractivity contribution in [3.63, 3.8) is 0 Å². The third-order valence-electron chi connectivity index (χ3n) is 2.73. The summed E-state index contributed by atoms with van der Waals surface area (Å²) in [5.41, 5.74) is 0. The Bertz CT molecular complexity index is 343. The molecule has 0 amide bonds. The van der Waals surface area contributed by atoms with Gasteiger partial charge in [0.1, 0.15) is 6.10 Å². The first kappa shape index (κ1) is 15.0. The Morgan fingerprint density at radius 3 is 2.56 bits per heavy atom. The topological polar surface area (TPSA) is 62.4 Å². The van der Waals surface area contributed by atoms with E-state index < -0.39 is 12.5 Å². The minimum atomic E-state index is -2.80. The maximum Gasteiger partial charge on any atom is 0.264 e. The average molecular weight is 263 g/mol. The number of halogens is 2. The van der Waals surface area contributed by atoms with E-state index in [4.69, 9.17) is 9.63 Å². The molecule has 1 unspecified atom stereocenters. The average Bonchev–Trinajstić information content (AvgIpc) is 2.78. The highest BCUT2D eigenvalue weighted by atomic mass is 19.3. The summed E-state index contributed by atoms with van der Waals surface area (Å²) in [6.45, 7) is 6.79. The van der Waals surface area contributed by atoms with Crippen LogP contribution in [0, 0.1) is 0 Å². The van der Waals surface area contributed by atoms with Crippen LogP contribution in [0.2, 0.25) is 0 Å². The molecule has 1 aromatic rings. The van der Waals surface area contributed by atoms with Crippen LogP contribution in [-0.4, -0.2) is 52.3 Å². The molecule has 0 aromatic carbocycles. The Hall–Kier alpha value is -1.08. The maximum atomic E-state index is 12.1. The molecule has 0 bridgehead atoms. The number of nitrogens with zero attached hydrogens (tertiary/aromatic N) is 3. The molecule has 1 N–H and O–H groups in total. The number of alkyl halides is 2. The van der Waals surface area contributed by atoms with Crippen LogP contribution in [-0.2, 0) is 12.8 Å². The molecule has 0 saturated carbocycles. The highest BCUT2D eigenvalue weighted by Gasteiger charge is 2.20. The molecular weight excluding hydrogens is 244 g/mol. The Labute approximate surface area is 105 Å². The van der Waals surface area contributed by atoms with Crippen molar-refractivity contribution in [2.75, 3.05) is 19.6 Å². The molecule has 1 rings (SSSR count). The van der Waals surface area contributed by atoms with Gasteiger partial charge in [-0.25, -0.2) is 8.78 Å². The number of hydrogen-bond acceptors (Lipinski definition) is 5. The summed E-state index contributed by atoms with van der Waals surface area (Å²) in [6.07, 6.45) is -4.25. The summed E-state index contributed by atoms with van der Waals surface area (Å²) in [5, 5.41) is 12.7. The number of aliphatic hydroxyl groups excluding tert-OH is 1. The second-order valence-electron chi connectivity index (χ2n) is 3.99. The SMILES string of the molecule is CCN(CC)CCc1noc(CC(O)C(F)F)n1. The number of aromatic nitrogens is 2. The summed E-state index contributed by atoms with van der Waals surface area (Å²) in [5.74, 6) is 0.538. The van der Waals surface area contributed by atoms with E-state index in [1.54, 1.807) is 0 Å². The zero-order chi connectivity index (χ0) is 13.5. The van der Waals surface area contributed by atoms with Gasteiger partial charge >= 0.3 is 0 Å². The fourth-order valence-electron chi connectivity index (χ4n) is 1.54. The molecule has 18 heavy (non-hydrogen) atoms. The van der Waals surface area contributed by atoms with Crippen LogP contribution in [0.3, 0.4) is 0 Å². The molecule has 0 aliphatic heterocycles. The van der Waals surface area contributed by atoms with Crippen molar-refractivity contribution in [2.45, 2.75) is 39.2 Å². The number of aliphatic hydroxyl groups is 1. The lowest BCUT2D eigenvalue weighted by Gasteiger charge is -2.16. The molecular formula is C11H19F2N3O2. The fourth-order valence-corrected chi connectivity index (χ4v) is 1.54. The molecule has 0 saturated heterocycles. The molecule has 7 heteroatoms. The molecule has 0 spiro atoms. The van der Waals surface area contributed by atoms with Crippen LogP contribution in [0.1, 0.15) is 25.6 Å². The van der Waals surface area contributed by atoms with Gasteiger partial charge in [0.15, 0.2) is 5.82 Å². The van der Waals surface area contributed by atoms with E-state index >= 15 is 0 Å². The van der Waals surface area contributed by atoms with Crippen LogP contribution >= 0.6 is 0 Å². The van der Waals surface area contributed by atoms with Gasteiger partial charge in [-0.2, -0.15) is 4.98 Å². The second kappa shape index (κ2) is 7.38. The summed E-state index contributed by atoms with van der Waals surface area (Å²) in [7, 11) is 0. The summed E-state index contributed by atoms with van der Waals surface area (Å²) >= 11 is 0. The van der Waals surface area contributed by atoms with Gasteiger partial charge in [0.2, 0.25) is 5.89 Å². The zero-order valence-corrected chi connectivity index (χ0v) is 10.6. The lowest BCUT2D eigenvalue weighted by atomic mass is 10.2. The molecule has 0 radical (unpaired) electrons. The molecule has 5 nitrogen and oxygen atoms in total. The van der Waals surface area contributed by atoms with Crippen LogP contribution in [0.4, 0.5) is 8.78 Å². The maximum absolute atomic E-state index is 12.1. The first-order valence-corrected chi connectivity index (χ1v) is 6.06. The molecule has 1 aromatic heterocycles. The van der Waals surface area contributed by atoms with E-state index in [0.717, 1.165) is 19.6 Å². The monoisotopic (exact) mass is 263 g/mol. The van der Waals surface area contributed by atoms with Gasteiger partial charge in [-0.3, -0.25) is 0 Å². The number of likely N-dealkylation sites (N-methyl/N-ethyl adjacent to an activating group) is 1. The molecule has 0 aliphatic rings. The minimum absolute atomic E-state index is 0.0531. The minimum Gasteiger partial charge on any atom is -0.387 e. The fraction of sp³-hybridized carbons (Fsp3) is 0.818. The normalized spacial score (nSPS) is 13.5. The van der Waals surface area contributed by atoms with Gasteiger partial charge in [-0.15, -0.1) is 0 Å². The number of hydrogen-bond donors (Lipinski definition) is 1. The quantitative estimate of drug-likeness (QED) is 0.761. The van der Waals surface area contributed by atoms with E-state index in [0.29, 0.717) is 12.2 Å². The van der Waals surface area contributed by atoms with Crippen LogP contribution < -0.4 is 0 Å². The lowest BCUT2D eigenvalue weighted by molar-refractivity contribution is -0.00754.